The van der Waals surface area contributed by atoms with Crippen molar-refractivity contribution in [3.05, 3.63) is 12.7 Å². The molecule has 18 heavy (non-hydrogen) atoms. The predicted molar refractivity (Wildman–Crippen MR) is 71.8 cm³/mol. The Bertz CT molecular complexity index is 208. The molecule has 1 fully saturated rings. The van der Waals surface area contributed by atoms with E-state index >= 15 is 0 Å². The number of hydrogen-bond acceptors (Lipinski definition) is 5. The molecular weight excluding hydrogens is 232 g/mol. The topological polar surface area (TPSA) is 54.0 Å². The van der Waals surface area contributed by atoms with Crippen molar-refractivity contribution in [2.24, 2.45) is 0 Å². The highest BCUT2D eigenvalue weighted by molar-refractivity contribution is 4.69. The SMILES string of the molecule is C=CCCOCCNCC(O)CN1CCOCC1. The summed E-state index contributed by atoms with van der Waals surface area (Å²) in [7, 11) is 0. The van der Waals surface area contributed by atoms with Crippen molar-refractivity contribution in [1.82, 2.24) is 10.2 Å². The number of rotatable bonds is 10. The van der Waals surface area contributed by atoms with Crippen LogP contribution in [-0.4, -0.2) is 75.3 Å². The van der Waals surface area contributed by atoms with Gasteiger partial charge in [-0.25, -0.2) is 0 Å². The van der Waals surface area contributed by atoms with Crippen molar-refractivity contribution in [2.45, 2.75) is 12.5 Å². The minimum atomic E-state index is -0.323. The summed E-state index contributed by atoms with van der Waals surface area (Å²) in [6.07, 6.45) is 2.41. The molecule has 1 saturated heterocycles. The molecule has 106 valence electrons. The molecule has 0 bridgehead atoms. The third kappa shape index (κ3) is 7.79. The lowest BCUT2D eigenvalue weighted by atomic mass is 10.3. The fourth-order valence-corrected chi connectivity index (χ4v) is 1.83. The molecule has 0 spiro atoms. The molecular formula is C13H26N2O3. The lowest BCUT2D eigenvalue weighted by Crippen LogP contribution is -2.44. The third-order valence-electron chi connectivity index (χ3n) is 2.84. The van der Waals surface area contributed by atoms with Gasteiger partial charge in [0.1, 0.15) is 0 Å². The normalized spacial score (nSPS) is 18.7. The summed E-state index contributed by atoms with van der Waals surface area (Å²) in [5.74, 6) is 0. The van der Waals surface area contributed by atoms with E-state index in [4.69, 9.17) is 9.47 Å². The van der Waals surface area contributed by atoms with Gasteiger partial charge in [0.15, 0.2) is 0 Å². The molecule has 5 nitrogen and oxygen atoms in total. The van der Waals surface area contributed by atoms with Gasteiger partial charge in [-0.3, -0.25) is 4.90 Å². The van der Waals surface area contributed by atoms with Crippen LogP contribution in [0.15, 0.2) is 12.7 Å². The van der Waals surface area contributed by atoms with Crippen LogP contribution in [0.3, 0.4) is 0 Å². The van der Waals surface area contributed by atoms with Crippen LogP contribution >= 0.6 is 0 Å². The van der Waals surface area contributed by atoms with Crippen molar-refractivity contribution in [2.75, 3.05) is 59.2 Å². The van der Waals surface area contributed by atoms with Gasteiger partial charge in [-0.1, -0.05) is 6.08 Å². The van der Waals surface area contributed by atoms with E-state index in [9.17, 15) is 5.11 Å². The Labute approximate surface area is 110 Å². The molecule has 5 heteroatoms. The van der Waals surface area contributed by atoms with E-state index in [1.54, 1.807) is 0 Å². The van der Waals surface area contributed by atoms with Gasteiger partial charge in [0.05, 0.1) is 32.5 Å². The maximum atomic E-state index is 9.84. The van der Waals surface area contributed by atoms with E-state index in [1.165, 1.54) is 0 Å². The van der Waals surface area contributed by atoms with Crippen molar-refractivity contribution in [1.29, 1.82) is 0 Å². The minimum Gasteiger partial charge on any atom is -0.390 e. The molecule has 2 N–H and O–H groups in total. The molecule has 1 unspecified atom stereocenters. The maximum Gasteiger partial charge on any atom is 0.0791 e. The van der Waals surface area contributed by atoms with E-state index < -0.39 is 0 Å². The average molecular weight is 258 g/mol. The molecule has 1 atom stereocenters. The second-order valence-electron chi connectivity index (χ2n) is 4.46. The number of morpholine rings is 1. The first kappa shape index (κ1) is 15.6. The molecule has 1 aliphatic heterocycles. The van der Waals surface area contributed by atoms with Crippen molar-refractivity contribution in [3.8, 4) is 0 Å². The monoisotopic (exact) mass is 258 g/mol. The van der Waals surface area contributed by atoms with Crippen LogP contribution < -0.4 is 5.32 Å². The van der Waals surface area contributed by atoms with Crippen LogP contribution in [0.2, 0.25) is 0 Å². The number of nitrogens with one attached hydrogen (secondary N) is 1. The largest absolute Gasteiger partial charge is 0.390 e. The summed E-state index contributed by atoms with van der Waals surface area (Å²) >= 11 is 0. The zero-order valence-corrected chi connectivity index (χ0v) is 11.1. The van der Waals surface area contributed by atoms with Gasteiger partial charge in [-0.15, -0.1) is 6.58 Å². The summed E-state index contributed by atoms with van der Waals surface area (Å²) in [5, 5.41) is 13.0. The summed E-state index contributed by atoms with van der Waals surface area (Å²) in [4.78, 5) is 2.23. The lowest BCUT2D eigenvalue weighted by molar-refractivity contribution is 0.0146. The Morgan fingerprint density at radius 2 is 2.17 bits per heavy atom. The molecule has 1 rings (SSSR count). The fraction of sp³-hybridized carbons (Fsp3) is 0.846. The van der Waals surface area contributed by atoms with Gasteiger partial charge in [0, 0.05) is 32.7 Å². The Kier molecular flexibility index (Phi) is 9.06. The highest BCUT2D eigenvalue weighted by Gasteiger charge is 2.14. The number of aliphatic hydroxyl groups is 1. The second kappa shape index (κ2) is 10.5. The van der Waals surface area contributed by atoms with Crippen LogP contribution in [0, 0.1) is 0 Å². The summed E-state index contributed by atoms with van der Waals surface area (Å²) in [6, 6.07) is 0. The number of aliphatic hydroxyl groups excluding tert-OH is 1. The summed E-state index contributed by atoms with van der Waals surface area (Å²) in [5.41, 5.74) is 0. The first-order chi connectivity index (χ1) is 8.83. The van der Waals surface area contributed by atoms with Crippen LogP contribution in [0.5, 0.6) is 0 Å². The molecule has 0 radical (unpaired) electrons. The van der Waals surface area contributed by atoms with Gasteiger partial charge in [-0.2, -0.15) is 0 Å². The average Bonchev–Trinajstić information content (AvgIpc) is 2.39. The fourth-order valence-electron chi connectivity index (χ4n) is 1.83. The van der Waals surface area contributed by atoms with Crippen LogP contribution in [0.25, 0.3) is 0 Å². The van der Waals surface area contributed by atoms with Crippen LogP contribution in [0.4, 0.5) is 0 Å². The van der Waals surface area contributed by atoms with Crippen LogP contribution in [0.1, 0.15) is 6.42 Å². The van der Waals surface area contributed by atoms with Gasteiger partial charge >= 0.3 is 0 Å². The van der Waals surface area contributed by atoms with Crippen molar-refractivity contribution in [3.63, 3.8) is 0 Å². The lowest BCUT2D eigenvalue weighted by Gasteiger charge is -2.28. The second-order valence-corrected chi connectivity index (χ2v) is 4.46. The quantitative estimate of drug-likeness (QED) is 0.422. The summed E-state index contributed by atoms with van der Waals surface area (Å²) < 4.78 is 10.6. The van der Waals surface area contributed by atoms with E-state index in [1.807, 2.05) is 6.08 Å². The number of ether oxygens (including phenoxy) is 2. The minimum absolute atomic E-state index is 0.323. The van der Waals surface area contributed by atoms with Gasteiger partial charge < -0.3 is 19.9 Å². The zero-order chi connectivity index (χ0) is 13.1. The molecule has 0 aromatic rings. The first-order valence-corrected chi connectivity index (χ1v) is 6.70. The van der Waals surface area contributed by atoms with E-state index in [0.717, 1.165) is 45.9 Å². The van der Waals surface area contributed by atoms with E-state index in [-0.39, 0.29) is 6.10 Å². The van der Waals surface area contributed by atoms with E-state index in [0.29, 0.717) is 19.7 Å². The smallest absolute Gasteiger partial charge is 0.0791 e. The molecule has 1 aliphatic rings. The molecule has 0 aromatic heterocycles. The van der Waals surface area contributed by atoms with Crippen LogP contribution in [-0.2, 0) is 9.47 Å². The standard InChI is InChI=1S/C13H26N2O3/c1-2-3-7-17-8-4-14-11-13(16)12-15-5-9-18-10-6-15/h2,13-14,16H,1,3-12H2. The number of nitrogens with zero attached hydrogens (tertiary/aromatic N) is 1. The Morgan fingerprint density at radius 3 is 2.89 bits per heavy atom. The maximum absolute atomic E-state index is 9.84. The highest BCUT2D eigenvalue weighted by atomic mass is 16.5. The number of β-amino-alcohol motifs (C(OH)–C–C–N with tert-alkyl or cyclic N) is 1. The molecule has 0 aromatic carbocycles. The first-order valence-electron chi connectivity index (χ1n) is 6.70. The molecule has 1 heterocycles. The third-order valence-corrected chi connectivity index (χ3v) is 2.84. The predicted octanol–water partition coefficient (Wildman–Crippen LogP) is -0.138. The Hall–Kier alpha value is -0.460. The Morgan fingerprint density at radius 1 is 1.39 bits per heavy atom. The van der Waals surface area contributed by atoms with Gasteiger partial charge in [0.25, 0.3) is 0 Å². The van der Waals surface area contributed by atoms with Crippen molar-refractivity contribution >= 4 is 0 Å². The Balaban J connectivity index is 1.89. The number of hydrogen-bond donors (Lipinski definition) is 2. The molecule has 0 saturated carbocycles. The molecule has 0 aliphatic carbocycles. The van der Waals surface area contributed by atoms with Gasteiger partial charge in [-0.05, 0) is 6.42 Å². The van der Waals surface area contributed by atoms with Gasteiger partial charge in [0.2, 0.25) is 0 Å². The zero-order valence-electron chi connectivity index (χ0n) is 11.1. The highest BCUT2D eigenvalue weighted by Crippen LogP contribution is 1.97. The van der Waals surface area contributed by atoms with E-state index in [2.05, 4.69) is 16.8 Å². The molecule has 0 amide bonds. The van der Waals surface area contributed by atoms with Crippen molar-refractivity contribution < 1.29 is 14.6 Å². The summed E-state index contributed by atoms with van der Waals surface area (Å²) in [6.45, 7) is 10.5.